The molecule has 4 amide bonds. The smallest absolute Gasteiger partial charge is 0.328 e. The van der Waals surface area contributed by atoms with Gasteiger partial charge in [-0.15, -0.1) is 11.3 Å². The number of nitrogens with zero attached hydrogens (tertiary/aromatic N) is 1. The molecule has 7 nitrogen and oxygen atoms in total. The van der Waals surface area contributed by atoms with Gasteiger partial charge in [-0.3, -0.25) is 20.2 Å². The number of anilines is 1. The van der Waals surface area contributed by atoms with E-state index in [0.717, 1.165) is 4.88 Å². The molecule has 3 aliphatic heterocycles. The average molecular weight is 453 g/mol. The number of urea groups is 1. The van der Waals surface area contributed by atoms with Crippen molar-refractivity contribution in [2.24, 2.45) is 5.41 Å². The summed E-state index contributed by atoms with van der Waals surface area (Å²) in [6, 6.07) is 5.23. The van der Waals surface area contributed by atoms with Crippen molar-refractivity contribution < 1.29 is 23.5 Å². The molecule has 2 N–H and O–H groups in total. The van der Waals surface area contributed by atoms with Gasteiger partial charge in [0.15, 0.2) is 5.41 Å². The number of barbiturate groups is 1. The highest BCUT2D eigenvalue weighted by Gasteiger charge is 2.63. The van der Waals surface area contributed by atoms with Crippen LogP contribution >= 0.6 is 11.3 Å². The zero-order valence-corrected chi connectivity index (χ0v) is 18.2. The Morgan fingerprint density at radius 2 is 1.94 bits per heavy atom. The van der Waals surface area contributed by atoms with Gasteiger partial charge >= 0.3 is 6.03 Å². The predicted octanol–water partition coefficient (Wildman–Crippen LogP) is 2.18. The van der Waals surface area contributed by atoms with E-state index in [1.54, 1.807) is 17.9 Å². The fourth-order valence-corrected chi connectivity index (χ4v) is 5.66. The number of hydrogen-bond donors (Lipinski definition) is 2. The highest BCUT2D eigenvalue weighted by atomic mass is 32.1. The summed E-state index contributed by atoms with van der Waals surface area (Å²) < 4.78 is 21.4. The molecule has 2 saturated heterocycles. The summed E-state index contributed by atoms with van der Waals surface area (Å²) in [4.78, 5) is 40.6. The van der Waals surface area contributed by atoms with Crippen molar-refractivity contribution in [2.75, 3.05) is 11.4 Å². The zero-order chi connectivity index (χ0) is 22.6. The number of amides is 4. The molecule has 4 heterocycles. The monoisotopic (exact) mass is 453 g/mol. The van der Waals surface area contributed by atoms with Crippen molar-refractivity contribution in [1.82, 2.24) is 10.6 Å². The maximum absolute atomic E-state index is 15.4. The summed E-state index contributed by atoms with van der Waals surface area (Å²) in [7, 11) is 0. The van der Waals surface area contributed by atoms with Crippen LogP contribution in [0.4, 0.5) is 14.9 Å². The second kappa shape index (κ2) is 7.43. The molecule has 32 heavy (non-hydrogen) atoms. The van der Waals surface area contributed by atoms with Gasteiger partial charge in [0.05, 0.1) is 28.8 Å². The van der Waals surface area contributed by atoms with Crippen LogP contribution in [0.2, 0.25) is 0 Å². The molecule has 0 aliphatic carbocycles. The highest BCUT2D eigenvalue weighted by molar-refractivity contribution is 7.10. The Morgan fingerprint density at radius 3 is 2.62 bits per heavy atom. The molecule has 3 atom stereocenters. The quantitative estimate of drug-likeness (QED) is 0.472. The Kier molecular flexibility index (Phi) is 4.80. The van der Waals surface area contributed by atoms with Crippen molar-refractivity contribution in [3.8, 4) is 11.8 Å². The number of benzene rings is 1. The standard InChI is InChI=1S/C23H20FN3O4S/c1-12-11-27-18-15(8-14(9-17(18)24)5-6-16-4-3-7-32-16)10-23(19(27)13(2)31-12)20(28)25-22(30)26-21(23)29/h3-4,7-9,12-13,19H,10-11H2,1-2H3,(H2,25,26,28,29,30)/t12-,13+,19-/m1/s1. The van der Waals surface area contributed by atoms with Crippen LogP contribution in [-0.2, 0) is 20.7 Å². The summed E-state index contributed by atoms with van der Waals surface area (Å²) in [6.45, 7) is 3.92. The van der Waals surface area contributed by atoms with Gasteiger partial charge in [-0.1, -0.05) is 17.9 Å². The SMILES string of the molecule is C[C@@H]1CN2c3c(F)cc(C#Cc4cccs4)cc3CC3(C(=O)NC(=O)NC3=O)[C@H]2[C@H](C)O1. The Bertz CT molecular complexity index is 1180. The van der Waals surface area contributed by atoms with Crippen molar-refractivity contribution in [3.05, 3.63) is 51.5 Å². The number of halogens is 1. The summed E-state index contributed by atoms with van der Waals surface area (Å²) in [6.07, 6.45) is -0.852. The third-order valence-electron chi connectivity index (χ3n) is 6.20. The number of hydrogen-bond acceptors (Lipinski definition) is 6. The molecule has 5 rings (SSSR count). The van der Waals surface area contributed by atoms with Crippen molar-refractivity contribution >= 4 is 34.9 Å². The summed E-state index contributed by atoms with van der Waals surface area (Å²) >= 11 is 1.48. The lowest BCUT2D eigenvalue weighted by Gasteiger charge is -2.55. The van der Waals surface area contributed by atoms with Gasteiger partial charge in [0.25, 0.3) is 0 Å². The lowest BCUT2D eigenvalue weighted by molar-refractivity contribution is -0.153. The lowest BCUT2D eigenvalue weighted by Crippen LogP contribution is -2.75. The number of carbonyl (C=O) groups excluding carboxylic acids is 3. The summed E-state index contributed by atoms with van der Waals surface area (Å²) in [5, 5.41) is 6.36. The molecule has 0 unspecified atom stereocenters. The predicted molar refractivity (Wildman–Crippen MR) is 116 cm³/mol. The van der Waals surface area contributed by atoms with Gasteiger partial charge < -0.3 is 9.64 Å². The first-order chi connectivity index (χ1) is 15.3. The van der Waals surface area contributed by atoms with Crippen LogP contribution < -0.4 is 15.5 Å². The van der Waals surface area contributed by atoms with Gasteiger partial charge in [-0.2, -0.15) is 0 Å². The molecule has 3 aliphatic rings. The van der Waals surface area contributed by atoms with E-state index in [1.165, 1.54) is 17.4 Å². The van der Waals surface area contributed by atoms with E-state index in [1.807, 2.05) is 24.4 Å². The van der Waals surface area contributed by atoms with Crippen molar-refractivity contribution in [1.29, 1.82) is 0 Å². The Balaban J connectivity index is 1.67. The molecule has 1 aromatic heterocycles. The fourth-order valence-electron chi connectivity index (χ4n) is 5.09. The first kappa shape index (κ1) is 20.7. The van der Waals surface area contributed by atoms with Crippen LogP contribution in [0.1, 0.15) is 29.9 Å². The highest BCUT2D eigenvalue weighted by Crippen LogP contribution is 2.47. The molecular formula is C23H20FN3O4S. The minimum absolute atomic E-state index is 0.0675. The average Bonchev–Trinajstić information content (AvgIpc) is 3.23. The molecule has 1 spiro atoms. The Morgan fingerprint density at radius 1 is 1.19 bits per heavy atom. The number of rotatable bonds is 0. The molecule has 9 heteroatoms. The Hall–Kier alpha value is -3.22. The normalized spacial score (nSPS) is 25.9. The van der Waals surface area contributed by atoms with Crippen LogP contribution in [0.3, 0.4) is 0 Å². The van der Waals surface area contributed by atoms with E-state index >= 15 is 4.39 Å². The van der Waals surface area contributed by atoms with E-state index in [4.69, 9.17) is 4.74 Å². The summed E-state index contributed by atoms with van der Waals surface area (Å²) in [5.41, 5.74) is -0.336. The van der Waals surface area contributed by atoms with Crippen molar-refractivity contribution in [2.45, 2.75) is 38.5 Å². The van der Waals surface area contributed by atoms with Crippen LogP contribution in [0.25, 0.3) is 0 Å². The molecule has 2 fully saturated rings. The van der Waals surface area contributed by atoms with Crippen LogP contribution in [0.15, 0.2) is 29.6 Å². The van der Waals surface area contributed by atoms with Crippen LogP contribution in [0.5, 0.6) is 0 Å². The van der Waals surface area contributed by atoms with E-state index < -0.39 is 41.2 Å². The van der Waals surface area contributed by atoms with Gasteiger partial charge in [-0.05, 0) is 43.0 Å². The van der Waals surface area contributed by atoms with Crippen molar-refractivity contribution in [3.63, 3.8) is 0 Å². The second-order valence-electron chi connectivity index (χ2n) is 8.33. The molecule has 1 aromatic carbocycles. The molecule has 0 bridgehead atoms. The van der Waals surface area contributed by atoms with Gasteiger partial charge in [-0.25, -0.2) is 9.18 Å². The Labute approximate surface area is 187 Å². The zero-order valence-electron chi connectivity index (χ0n) is 17.4. The van der Waals surface area contributed by atoms with Crippen LogP contribution in [-0.4, -0.2) is 42.6 Å². The van der Waals surface area contributed by atoms with E-state index in [0.29, 0.717) is 23.4 Å². The first-order valence-electron chi connectivity index (χ1n) is 10.3. The number of nitrogens with one attached hydrogen (secondary N) is 2. The van der Waals surface area contributed by atoms with E-state index in [9.17, 15) is 14.4 Å². The number of ether oxygens (including phenoxy) is 1. The number of carbonyl (C=O) groups is 3. The lowest BCUT2D eigenvalue weighted by atomic mass is 9.66. The van der Waals surface area contributed by atoms with Crippen LogP contribution in [0, 0.1) is 23.1 Å². The molecule has 164 valence electrons. The van der Waals surface area contributed by atoms with Gasteiger partial charge in [0.2, 0.25) is 11.8 Å². The third kappa shape index (κ3) is 3.10. The number of imide groups is 2. The number of morpholine rings is 1. The largest absolute Gasteiger partial charge is 0.372 e. The minimum Gasteiger partial charge on any atom is -0.372 e. The maximum Gasteiger partial charge on any atom is 0.328 e. The third-order valence-corrected chi connectivity index (χ3v) is 6.99. The van der Waals surface area contributed by atoms with E-state index in [2.05, 4.69) is 22.5 Å². The topological polar surface area (TPSA) is 87.7 Å². The maximum atomic E-state index is 15.4. The second-order valence-corrected chi connectivity index (χ2v) is 9.28. The van der Waals surface area contributed by atoms with Gasteiger partial charge in [0, 0.05) is 18.5 Å². The van der Waals surface area contributed by atoms with E-state index in [-0.39, 0.29) is 12.5 Å². The molecule has 0 saturated carbocycles. The first-order valence-corrected chi connectivity index (χ1v) is 11.1. The summed E-state index contributed by atoms with van der Waals surface area (Å²) in [5.74, 6) is 4.11. The number of thiophene rings is 1. The minimum atomic E-state index is -1.63. The van der Waals surface area contributed by atoms with Gasteiger partial charge in [0.1, 0.15) is 5.82 Å². The molecule has 0 radical (unpaired) electrons. The number of fused-ring (bicyclic) bond motifs is 4. The fraction of sp³-hybridized carbons (Fsp3) is 0.348. The molecule has 2 aromatic rings. The molecular weight excluding hydrogens is 433 g/mol.